The highest BCUT2D eigenvalue weighted by atomic mass is 32.2. The molecule has 260 valence electrons. The molecular weight excluding hydrogens is 632 g/mol. The number of nitrogens with zero attached hydrogens (tertiary/aromatic N) is 2. The van der Waals surface area contributed by atoms with Gasteiger partial charge in [0.05, 0.1) is 32.6 Å². The van der Waals surface area contributed by atoms with Gasteiger partial charge in [-0.15, -0.1) is 11.8 Å². The molecular formula is C28H44N4O13S. The summed E-state index contributed by atoms with van der Waals surface area (Å²) >= 11 is 1.11. The smallest absolute Gasteiger partial charge is 0.320 e. The Kier molecular flexibility index (Phi) is 19.1. The number of thioether (sulfide) groups is 1. The van der Waals surface area contributed by atoms with Crippen molar-refractivity contribution in [1.82, 2.24) is 20.4 Å². The molecule has 1 aliphatic rings. The Labute approximate surface area is 270 Å². The van der Waals surface area contributed by atoms with E-state index >= 15 is 0 Å². The van der Waals surface area contributed by atoms with Crippen LogP contribution in [-0.2, 0) is 47.8 Å². The van der Waals surface area contributed by atoms with E-state index in [1.165, 1.54) is 24.0 Å². The number of methoxy groups -OCH3 is 2. The van der Waals surface area contributed by atoms with Crippen molar-refractivity contribution in [2.75, 3.05) is 52.7 Å². The third kappa shape index (κ3) is 16.0. The molecule has 0 spiro atoms. The van der Waals surface area contributed by atoms with Crippen LogP contribution in [0.1, 0.15) is 57.8 Å². The van der Waals surface area contributed by atoms with Crippen LogP contribution in [0.4, 0.5) is 0 Å². The zero-order valence-corrected chi connectivity index (χ0v) is 26.9. The summed E-state index contributed by atoms with van der Waals surface area (Å²) in [6.45, 7) is 0.701. The van der Waals surface area contributed by atoms with E-state index in [2.05, 4.69) is 20.1 Å². The maximum absolute atomic E-state index is 12.8. The molecule has 0 aromatic heterocycles. The Morgan fingerprint density at radius 3 is 2.07 bits per heavy atom. The maximum atomic E-state index is 12.8. The largest absolute Gasteiger partial charge is 0.481 e. The van der Waals surface area contributed by atoms with Crippen LogP contribution in [0.3, 0.4) is 0 Å². The average Bonchev–Trinajstić information content (AvgIpc) is 3.26. The molecule has 46 heavy (non-hydrogen) atoms. The second-order valence-electron chi connectivity index (χ2n) is 10.5. The van der Waals surface area contributed by atoms with E-state index < -0.39 is 53.6 Å². The number of carboxylic acid groups (broad SMARTS) is 3. The van der Waals surface area contributed by atoms with Gasteiger partial charge in [0.25, 0.3) is 0 Å². The minimum atomic E-state index is -1.37. The first-order valence-electron chi connectivity index (χ1n) is 14.8. The lowest BCUT2D eigenvalue weighted by molar-refractivity contribution is -0.146. The van der Waals surface area contributed by atoms with Gasteiger partial charge in [0.1, 0.15) is 12.1 Å². The Hall–Kier alpha value is -3.77. The van der Waals surface area contributed by atoms with Gasteiger partial charge in [-0.1, -0.05) is 0 Å². The first-order valence-corrected chi connectivity index (χ1v) is 15.9. The first kappa shape index (κ1) is 40.3. The number of amides is 3. The number of esters is 2. The van der Waals surface area contributed by atoms with Gasteiger partial charge in [-0.05, 0) is 50.8 Å². The fourth-order valence-corrected chi connectivity index (χ4v) is 5.66. The normalized spacial score (nSPS) is 15.8. The number of unbranched alkanes of at least 4 members (excludes halogenated alkanes) is 2. The standard InChI is InChI=1S/C28H44N4O13S/c1-44-24(37)16-31(17-25(38)45-2)12-6-7-21(33)29-11-4-3-5-13-32-22(34)15-20(26(32)39)46-14-10-19(28(42)43)30-18(27(40)41)8-9-23(35)36/h18-20,30H,3-17H2,1-2H3,(H,29,33)(H,35,36)(H,40,41)(H,42,43)/t18-,19+,20?/m0/s1. The molecule has 0 bridgehead atoms. The minimum Gasteiger partial charge on any atom is -0.481 e. The number of likely N-dealkylation sites (tertiary alicyclic amines) is 1. The predicted octanol–water partition coefficient (Wildman–Crippen LogP) is -0.687. The van der Waals surface area contributed by atoms with Crippen molar-refractivity contribution >= 4 is 59.3 Å². The molecule has 1 rings (SSSR count). The van der Waals surface area contributed by atoms with E-state index in [1.807, 2.05) is 0 Å². The summed E-state index contributed by atoms with van der Waals surface area (Å²) in [5.74, 6) is -5.67. The second kappa shape index (κ2) is 21.9. The van der Waals surface area contributed by atoms with Crippen LogP contribution in [-0.4, -0.2) is 143 Å². The van der Waals surface area contributed by atoms with E-state index in [0.29, 0.717) is 38.8 Å². The molecule has 3 atom stereocenters. The molecule has 1 fully saturated rings. The average molecular weight is 677 g/mol. The van der Waals surface area contributed by atoms with Crippen LogP contribution in [0.25, 0.3) is 0 Å². The molecule has 0 aromatic carbocycles. The third-order valence-corrected chi connectivity index (χ3v) is 8.24. The number of aliphatic carboxylic acids is 3. The van der Waals surface area contributed by atoms with E-state index in [9.17, 15) is 48.6 Å². The molecule has 1 saturated heterocycles. The first-order chi connectivity index (χ1) is 21.8. The number of hydrogen-bond acceptors (Lipinski definition) is 13. The Bertz CT molecular complexity index is 1070. The van der Waals surface area contributed by atoms with Crippen molar-refractivity contribution < 1.29 is 63.1 Å². The van der Waals surface area contributed by atoms with E-state index in [-0.39, 0.29) is 68.8 Å². The summed E-state index contributed by atoms with van der Waals surface area (Å²) in [6.07, 6.45) is 1.55. The van der Waals surface area contributed by atoms with Crippen LogP contribution in [0.2, 0.25) is 0 Å². The zero-order valence-electron chi connectivity index (χ0n) is 26.1. The fraction of sp³-hybridized carbons (Fsp3) is 0.714. The van der Waals surface area contributed by atoms with Crippen LogP contribution in [0.15, 0.2) is 0 Å². The number of carboxylic acids is 3. The Morgan fingerprint density at radius 1 is 0.891 bits per heavy atom. The van der Waals surface area contributed by atoms with Gasteiger partial charge in [-0.2, -0.15) is 0 Å². The zero-order chi connectivity index (χ0) is 34.6. The molecule has 0 radical (unpaired) electrons. The molecule has 0 saturated carbocycles. The monoisotopic (exact) mass is 676 g/mol. The topological polar surface area (TPSA) is 246 Å². The lowest BCUT2D eigenvalue weighted by atomic mass is 10.1. The van der Waals surface area contributed by atoms with E-state index in [1.54, 1.807) is 0 Å². The molecule has 1 aliphatic heterocycles. The van der Waals surface area contributed by atoms with Gasteiger partial charge in [-0.3, -0.25) is 53.5 Å². The fourth-order valence-electron chi connectivity index (χ4n) is 4.47. The van der Waals surface area contributed by atoms with Crippen LogP contribution < -0.4 is 10.6 Å². The van der Waals surface area contributed by atoms with Crippen molar-refractivity contribution in [1.29, 1.82) is 0 Å². The van der Waals surface area contributed by atoms with Gasteiger partial charge < -0.3 is 30.1 Å². The highest BCUT2D eigenvalue weighted by molar-refractivity contribution is 8.00. The van der Waals surface area contributed by atoms with E-state index in [4.69, 9.17) is 5.11 Å². The summed E-state index contributed by atoms with van der Waals surface area (Å²) < 4.78 is 9.23. The quantitative estimate of drug-likeness (QED) is 0.0456. The summed E-state index contributed by atoms with van der Waals surface area (Å²) in [5, 5.41) is 32.1. The molecule has 1 heterocycles. The van der Waals surface area contributed by atoms with Crippen LogP contribution >= 0.6 is 11.8 Å². The molecule has 18 heteroatoms. The van der Waals surface area contributed by atoms with Gasteiger partial charge in [0.2, 0.25) is 17.7 Å². The van der Waals surface area contributed by atoms with Gasteiger partial charge in [0.15, 0.2) is 0 Å². The van der Waals surface area contributed by atoms with Crippen molar-refractivity contribution in [3.63, 3.8) is 0 Å². The molecule has 0 aliphatic carbocycles. The summed E-state index contributed by atoms with van der Waals surface area (Å²) in [4.78, 5) is 96.8. The predicted molar refractivity (Wildman–Crippen MR) is 162 cm³/mol. The number of imide groups is 1. The molecule has 1 unspecified atom stereocenters. The number of rotatable bonds is 25. The third-order valence-electron chi connectivity index (χ3n) is 6.99. The van der Waals surface area contributed by atoms with Crippen LogP contribution in [0, 0.1) is 0 Å². The summed E-state index contributed by atoms with van der Waals surface area (Å²) in [7, 11) is 2.48. The Balaban J connectivity index is 2.35. The lowest BCUT2D eigenvalue weighted by Crippen LogP contribution is -2.47. The number of nitrogens with one attached hydrogen (secondary N) is 2. The number of ether oxygens (including phenoxy) is 2. The number of carbonyl (C=O) groups is 8. The summed E-state index contributed by atoms with van der Waals surface area (Å²) in [6, 6.07) is -2.64. The highest BCUT2D eigenvalue weighted by Crippen LogP contribution is 2.26. The van der Waals surface area contributed by atoms with Crippen molar-refractivity contribution in [3.8, 4) is 0 Å². The van der Waals surface area contributed by atoms with Crippen molar-refractivity contribution in [2.24, 2.45) is 0 Å². The minimum absolute atomic E-state index is 0.0300. The van der Waals surface area contributed by atoms with Gasteiger partial charge in [0, 0.05) is 32.4 Å². The lowest BCUT2D eigenvalue weighted by Gasteiger charge is -2.20. The molecule has 3 amide bonds. The second-order valence-corrected chi connectivity index (χ2v) is 11.8. The highest BCUT2D eigenvalue weighted by Gasteiger charge is 2.38. The SMILES string of the molecule is COC(=O)CN(CCCC(=O)NCCCCCN1C(=O)CC(SCC[C@@H](N[C@@H](CCC(=O)O)C(=O)O)C(=O)O)C1=O)CC(=O)OC. The molecule has 5 N–H and O–H groups in total. The maximum Gasteiger partial charge on any atom is 0.320 e. The number of hydrogen-bond donors (Lipinski definition) is 5. The van der Waals surface area contributed by atoms with Crippen molar-refractivity contribution in [2.45, 2.75) is 75.1 Å². The van der Waals surface area contributed by atoms with Crippen LogP contribution in [0.5, 0.6) is 0 Å². The van der Waals surface area contributed by atoms with Gasteiger partial charge >= 0.3 is 29.8 Å². The summed E-state index contributed by atoms with van der Waals surface area (Å²) in [5.41, 5.74) is 0. The Morgan fingerprint density at radius 2 is 1.50 bits per heavy atom. The van der Waals surface area contributed by atoms with E-state index in [0.717, 1.165) is 11.8 Å². The number of carbonyl (C=O) groups excluding carboxylic acids is 5. The van der Waals surface area contributed by atoms with Crippen molar-refractivity contribution in [3.05, 3.63) is 0 Å². The van der Waals surface area contributed by atoms with Gasteiger partial charge in [-0.25, -0.2) is 0 Å². The molecule has 0 aromatic rings. The molecule has 17 nitrogen and oxygen atoms in total.